The van der Waals surface area contributed by atoms with Crippen LogP contribution in [0.15, 0.2) is 22.9 Å². The molecule has 5 nitrogen and oxygen atoms in total. The van der Waals surface area contributed by atoms with E-state index in [4.69, 9.17) is 4.52 Å². The zero-order chi connectivity index (χ0) is 12.3. The van der Waals surface area contributed by atoms with Gasteiger partial charge in [-0.1, -0.05) is 5.16 Å². The molecule has 0 fully saturated rings. The molecule has 0 atom stereocenters. The summed E-state index contributed by atoms with van der Waals surface area (Å²) in [6.45, 7) is 7.55. The first-order valence-electron chi connectivity index (χ1n) is 5.82. The zero-order valence-corrected chi connectivity index (χ0v) is 10.5. The van der Waals surface area contributed by atoms with E-state index in [0.717, 1.165) is 23.7 Å². The number of aryl methyl sites for hydroxylation is 1. The fourth-order valence-electron chi connectivity index (χ4n) is 1.57. The van der Waals surface area contributed by atoms with Gasteiger partial charge in [-0.3, -0.25) is 4.68 Å². The summed E-state index contributed by atoms with van der Waals surface area (Å²) in [5.41, 5.74) is 1.95. The van der Waals surface area contributed by atoms with Crippen LogP contribution in [-0.2, 0) is 13.1 Å². The van der Waals surface area contributed by atoms with E-state index in [9.17, 15) is 0 Å². The third-order valence-corrected chi connectivity index (χ3v) is 2.47. The highest BCUT2D eigenvalue weighted by molar-refractivity contribution is 5.03. The maximum Gasteiger partial charge on any atom is 0.150 e. The standard InChI is InChI=1S/C12H18N4O/c1-9(2)16-5-4-11(14-16)7-13-8-12-6-10(3)15-17-12/h4-6,9,13H,7-8H2,1-3H3. The number of aromatic nitrogens is 3. The van der Waals surface area contributed by atoms with Gasteiger partial charge in [0.15, 0.2) is 5.76 Å². The van der Waals surface area contributed by atoms with Crippen LogP contribution in [0.1, 0.15) is 37.0 Å². The lowest BCUT2D eigenvalue weighted by molar-refractivity contribution is 0.369. The Morgan fingerprint density at radius 3 is 2.82 bits per heavy atom. The summed E-state index contributed by atoms with van der Waals surface area (Å²) in [6.07, 6.45) is 2.00. The molecule has 2 aromatic heterocycles. The molecule has 0 unspecified atom stereocenters. The minimum atomic E-state index is 0.403. The maximum absolute atomic E-state index is 5.11. The first-order valence-corrected chi connectivity index (χ1v) is 5.82. The number of nitrogens with zero attached hydrogens (tertiary/aromatic N) is 3. The molecule has 0 bridgehead atoms. The van der Waals surface area contributed by atoms with Gasteiger partial charge in [0.05, 0.1) is 17.9 Å². The molecule has 0 aliphatic rings. The molecule has 0 saturated heterocycles. The molecular weight excluding hydrogens is 216 g/mol. The molecule has 0 aliphatic heterocycles. The van der Waals surface area contributed by atoms with Crippen LogP contribution in [0, 0.1) is 6.92 Å². The second-order valence-corrected chi connectivity index (χ2v) is 4.42. The van der Waals surface area contributed by atoms with Crippen molar-refractivity contribution in [2.24, 2.45) is 0 Å². The summed E-state index contributed by atoms with van der Waals surface area (Å²) >= 11 is 0. The molecule has 92 valence electrons. The summed E-state index contributed by atoms with van der Waals surface area (Å²) in [7, 11) is 0. The topological polar surface area (TPSA) is 55.9 Å². The molecule has 17 heavy (non-hydrogen) atoms. The van der Waals surface area contributed by atoms with Gasteiger partial charge in [-0.05, 0) is 26.8 Å². The van der Waals surface area contributed by atoms with E-state index in [1.807, 2.05) is 29.9 Å². The van der Waals surface area contributed by atoms with Crippen molar-refractivity contribution in [1.82, 2.24) is 20.3 Å². The van der Waals surface area contributed by atoms with Crippen LogP contribution in [0.4, 0.5) is 0 Å². The lowest BCUT2D eigenvalue weighted by Crippen LogP contribution is -2.13. The number of nitrogens with one attached hydrogen (secondary N) is 1. The van der Waals surface area contributed by atoms with Crippen molar-refractivity contribution in [3.63, 3.8) is 0 Å². The predicted octanol–water partition coefficient (Wildman–Crippen LogP) is 2.05. The van der Waals surface area contributed by atoms with E-state index in [1.165, 1.54) is 0 Å². The Kier molecular flexibility index (Phi) is 3.58. The van der Waals surface area contributed by atoms with Gasteiger partial charge in [-0.15, -0.1) is 0 Å². The molecular formula is C12H18N4O. The normalized spacial score (nSPS) is 11.3. The monoisotopic (exact) mass is 234 g/mol. The second kappa shape index (κ2) is 5.14. The van der Waals surface area contributed by atoms with Crippen molar-refractivity contribution in [2.45, 2.75) is 39.9 Å². The Labute approximate surface area is 101 Å². The second-order valence-electron chi connectivity index (χ2n) is 4.42. The molecule has 0 saturated carbocycles. The van der Waals surface area contributed by atoms with Gasteiger partial charge in [0.25, 0.3) is 0 Å². The predicted molar refractivity (Wildman–Crippen MR) is 64.4 cm³/mol. The van der Waals surface area contributed by atoms with E-state index in [-0.39, 0.29) is 0 Å². The summed E-state index contributed by atoms with van der Waals surface area (Å²) in [5.74, 6) is 0.853. The molecule has 2 rings (SSSR count). The first kappa shape index (κ1) is 11.9. The molecule has 0 amide bonds. The maximum atomic E-state index is 5.11. The van der Waals surface area contributed by atoms with Crippen LogP contribution in [0.3, 0.4) is 0 Å². The fourth-order valence-corrected chi connectivity index (χ4v) is 1.57. The lowest BCUT2D eigenvalue weighted by Gasteiger charge is -2.04. The molecule has 1 N–H and O–H groups in total. The largest absolute Gasteiger partial charge is 0.360 e. The van der Waals surface area contributed by atoms with Gasteiger partial charge in [-0.2, -0.15) is 5.10 Å². The minimum absolute atomic E-state index is 0.403. The van der Waals surface area contributed by atoms with E-state index in [1.54, 1.807) is 0 Å². The van der Waals surface area contributed by atoms with Gasteiger partial charge in [-0.25, -0.2) is 0 Å². The lowest BCUT2D eigenvalue weighted by atomic mass is 10.3. The molecule has 0 aliphatic carbocycles. The van der Waals surface area contributed by atoms with Gasteiger partial charge in [0.2, 0.25) is 0 Å². The Balaban J connectivity index is 1.81. The third kappa shape index (κ3) is 3.17. The van der Waals surface area contributed by atoms with Crippen LogP contribution in [-0.4, -0.2) is 14.9 Å². The van der Waals surface area contributed by atoms with Crippen LogP contribution in [0.2, 0.25) is 0 Å². The molecule has 0 aromatic carbocycles. The quantitative estimate of drug-likeness (QED) is 0.860. The van der Waals surface area contributed by atoms with Crippen LogP contribution < -0.4 is 5.32 Å². The average molecular weight is 234 g/mol. The van der Waals surface area contributed by atoms with E-state index in [0.29, 0.717) is 12.6 Å². The van der Waals surface area contributed by atoms with Crippen molar-refractivity contribution in [3.05, 3.63) is 35.5 Å². The zero-order valence-electron chi connectivity index (χ0n) is 10.5. The summed E-state index contributed by atoms with van der Waals surface area (Å²) in [5, 5.41) is 11.6. The molecule has 0 radical (unpaired) electrons. The van der Waals surface area contributed by atoms with Crippen LogP contribution in [0.25, 0.3) is 0 Å². The third-order valence-electron chi connectivity index (χ3n) is 2.47. The van der Waals surface area contributed by atoms with Gasteiger partial charge in [0.1, 0.15) is 0 Å². The van der Waals surface area contributed by atoms with Crippen molar-refractivity contribution in [2.75, 3.05) is 0 Å². The summed E-state index contributed by atoms with van der Waals surface area (Å²) in [6, 6.07) is 4.36. The average Bonchev–Trinajstić information content (AvgIpc) is 2.88. The molecule has 5 heteroatoms. The SMILES string of the molecule is Cc1cc(CNCc2ccn(C(C)C)n2)on1. The number of hydrogen-bond acceptors (Lipinski definition) is 4. The van der Waals surface area contributed by atoms with Crippen molar-refractivity contribution in [3.8, 4) is 0 Å². The smallest absolute Gasteiger partial charge is 0.150 e. The van der Waals surface area contributed by atoms with E-state index >= 15 is 0 Å². The van der Waals surface area contributed by atoms with Gasteiger partial charge >= 0.3 is 0 Å². The van der Waals surface area contributed by atoms with E-state index in [2.05, 4.69) is 29.4 Å². The highest BCUT2D eigenvalue weighted by Crippen LogP contribution is 2.05. The Morgan fingerprint density at radius 1 is 1.41 bits per heavy atom. The van der Waals surface area contributed by atoms with Gasteiger partial charge < -0.3 is 9.84 Å². The molecule has 0 spiro atoms. The highest BCUT2D eigenvalue weighted by Gasteiger charge is 2.03. The van der Waals surface area contributed by atoms with E-state index < -0.39 is 0 Å². The van der Waals surface area contributed by atoms with Crippen LogP contribution in [0.5, 0.6) is 0 Å². The van der Waals surface area contributed by atoms with Gasteiger partial charge in [0, 0.05) is 24.8 Å². The Morgan fingerprint density at radius 2 is 2.24 bits per heavy atom. The fraction of sp³-hybridized carbons (Fsp3) is 0.500. The highest BCUT2D eigenvalue weighted by atomic mass is 16.5. The van der Waals surface area contributed by atoms with Crippen molar-refractivity contribution < 1.29 is 4.52 Å². The van der Waals surface area contributed by atoms with Crippen LogP contribution >= 0.6 is 0 Å². The Hall–Kier alpha value is -1.62. The molecule has 2 aromatic rings. The van der Waals surface area contributed by atoms with Crippen molar-refractivity contribution >= 4 is 0 Å². The minimum Gasteiger partial charge on any atom is -0.360 e. The number of hydrogen-bond donors (Lipinski definition) is 1. The Bertz CT molecular complexity index is 472. The van der Waals surface area contributed by atoms with Crippen molar-refractivity contribution in [1.29, 1.82) is 0 Å². The first-order chi connectivity index (χ1) is 8.15. The number of rotatable bonds is 5. The molecule has 2 heterocycles. The summed E-state index contributed by atoms with van der Waals surface area (Å²) < 4.78 is 7.06. The summed E-state index contributed by atoms with van der Waals surface area (Å²) in [4.78, 5) is 0.